The Morgan fingerprint density at radius 3 is 0.953 bits per heavy atom. The van der Waals surface area contributed by atoms with Crippen molar-refractivity contribution in [3.63, 3.8) is 0 Å². The summed E-state index contributed by atoms with van der Waals surface area (Å²) in [5.41, 5.74) is 0. The lowest BCUT2D eigenvalue weighted by Gasteiger charge is -2.48. The van der Waals surface area contributed by atoms with E-state index in [1.165, 1.54) is 0 Å². The highest BCUT2D eigenvalue weighted by Crippen LogP contribution is 2.43. The van der Waals surface area contributed by atoms with E-state index in [0.717, 1.165) is 0 Å². The summed E-state index contributed by atoms with van der Waals surface area (Å²) in [4.78, 5) is 4.72. The molecule has 12 rings (SSSR count). The van der Waals surface area contributed by atoms with E-state index in [1.54, 1.807) is 0 Å². The van der Waals surface area contributed by atoms with Crippen LogP contribution in [0, 0.1) is 0 Å². The molecule has 12 aliphatic heterocycles. The molecule has 12 aliphatic rings. The maximum Gasteiger partial charge on any atom is 0.190 e. The van der Waals surface area contributed by atoms with Crippen molar-refractivity contribution in [2.45, 2.75) is 246 Å². The third-order valence-electron chi connectivity index (χ3n) is 17.7. The maximum absolute atomic E-state index is 11.8. The standard InChI is InChI=1S/C48H74O38/c49-1-9-17(53)33(22(58)41(65)71-9)82-45-27(63)38-31(16(77-45)8-70-38)81-48-40(86-66)39(20(56)12(4-52)74-48)85-47-28(64)37-30(15(78-47)7-69-37)80-44-25(61)35(19(55)11(3-51)73-44)84-46-26(62)36-29(14(76-46)6-68-36)79-43-24(60)34(18(54)10(2-50)72-43)83-42-23(59)32-21(57)13(75-42)5-67-32/h9-66H,1-8H2/t9-,10-,11-,12-,13+,14+,15+,16+,17+,18+,19+,20+,21-,22-,23+,24-,25-,26+,27+,28+,29-,30-,31-,32-,33+,34+,35+,36+,37+,38+,39+,40-,41-,42+,43+,44+,45+,46+,47+,48+/m1/s1. The zero-order valence-electron chi connectivity index (χ0n) is 45.0. The van der Waals surface area contributed by atoms with Gasteiger partial charge in [-0.2, -0.15) is 0 Å². The third-order valence-corrected chi connectivity index (χ3v) is 17.7. The zero-order valence-corrected chi connectivity index (χ0v) is 45.0. The lowest BCUT2D eigenvalue weighted by Crippen LogP contribution is -2.67. The molecular weight excluding hydrogens is 1180 g/mol. The van der Waals surface area contributed by atoms with Gasteiger partial charge in [-0.05, 0) is 0 Å². The van der Waals surface area contributed by atoms with Crippen molar-refractivity contribution in [1.82, 2.24) is 0 Å². The van der Waals surface area contributed by atoms with Crippen LogP contribution in [0.4, 0.5) is 0 Å². The molecule has 18 N–H and O–H groups in total. The van der Waals surface area contributed by atoms with Gasteiger partial charge >= 0.3 is 0 Å². The molecule has 40 atom stereocenters. The van der Waals surface area contributed by atoms with E-state index >= 15 is 0 Å². The average Bonchev–Trinajstić information content (AvgIpc) is 2.13. The van der Waals surface area contributed by atoms with E-state index in [1.807, 2.05) is 0 Å². The molecule has 0 aromatic heterocycles. The SMILES string of the molecule is OC[C@H]1O[C@@H](O)[C@H](O)[C@@H](O[C@@H]2O[C@H]3CO[C@@H]([C@@H]2O)[C@@H]3O[C@@H]2O[C@H](CO)[C@H](O)[C@H](O[C@@H]3O[C@H]4CO[C@@H]([C@@H]3O)[C@@H]4O[C@@H]3O[C@H](CO)[C@H](O)[C@H](O[C@@H]4O[C@H]5CO[C@@H]([C@@H]4O)[C@@H]5O[C@@H]4O[C@H](CO)[C@H](O)[C@H](O[C@@H]5O[C@H]6CO[C@@H]([C@@H]5O)[C@@H]6O)[C@H]4O)[C@H]3O)[C@H]2OO)[C@H]1O. The minimum absolute atomic E-state index is 0.0640. The highest BCUT2D eigenvalue weighted by Gasteiger charge is 2.63. The minimum atomic E-state index is -1.97. The van der Waals surface area contributed by atoms with Crippen LogP contribution in [0.1, 0.15) is 0 Å². The molecule has 38 nitrogen and oxygen atoms in total. The minimum Gasteiger partial charge on any atom is -0.394 e. The first kappa shape index (κ1) is 64.6. The van der Waals surface area contributed by atoms with E-state index in [9.17, 15) is 92.1 Å². The molecule has 0 saturated carbocycles. The maximum atomic E-state index is 11.8. The van der Waals surface area contributed by atoms with Gasteiger partial charge in [0.25, 0.3) is 0 Å². The van der Waals surface area contributed by atoms with Crippen LogP contribution in [-0.4, -0.2) is 391 Å². The van der Waals surface area contributed by atoms with Gasteiger partial charge in [-0.15, -0.1) is 0 Å². The van der Waals surface area contributed by atoms with Crippen LogP contribution in [0.2, 0.25) is 0 Å². The molecule has 0 spiro atoms. The number of hydrogen-bond acceptors (Lipinski definition) is 38. The van der Waals surface area contributed by atoms with E-state index in [2.05, 4.69) is 0 Å². The van der Waals surface area contributed by atoms with Crippen LogP contribution in [0.3, 0.4) is 0 Å². The Morgan fingerprint density at radius 1 is 0.256 bits per heavy atom. The zero-order chi connectivity index (χ0) is 60.9. The predicted molar refractivity (Wildman–Crippen MR) is 253 cm³/mol. The first-order chi connectivity index (χ1) is 41.3. The van der Waals surface area contributed by atoms with Gasteiger partial charge in [0.1, 0.15) is 189 Å². The van der Waals surface area contributed by atoms with Gasteiger partial charge in [0.05, 0.1) is 52.9 Å². The summed E-state index contributed by atoms with van der Waals surface area (Å²) in [6, 6.07) is 0. The van der Waals surface area contributed by atoms with Gasteiger partial charge in [-0.1, -0.05) is 0 Å². The third kappa shape index (κ3) is 11.7. The summed E-state index contributed by atoms with van der Waals surface area (Å²) in [5, 5.41) is 195. The van der Waals surface area contributed by atoms with Crippen LogP contribution in [-0.2, 0) is 94.9 Å². The molecular formula is C48H74O38. The van der Waals surface area contributed by atoms with Crippen molar-refractivity contribution in [2.24, 2.45) is 0 Å². The van der Waals surface area contributed by atoms with Gasteiger partial charge < -0.3 is 177 Å². The summed E-state index contributed by atoms with van der Waals surface area (Å²) >= 11 is 0. The highest BCUT2D eigenvalue weighted by molar-refractivity contribution is 5.05. The lowest BCUT2D eigenvalue weighted by molar-refractivity contribution is -0.420. The molecule has 38 heteroatoms. The number of aliphatic hydroxyl groups is 17. The molecule has 0 unspecified atom stereocenters. The first-order valence-electron chi connectivity index (χ1n) is 28.1. The van der Waals surface area contributed by atoms with Crippen LogP contribution < -0.4 is 0 Å². The van der Waals surface area contributed by atoms with Gasteiger partial charge in [0, 0.05) is 0 Å². The summed E-state index contributed by atoms with van der Waals surface area (Å²) in [6.45, 7) is -4.16. The molecule has 0 radical (unpaired) electrons. The second-order valence-corrected chi connectivity index (χ2v) is 22.9. The fourth-order valence-corrected chi connectivity index (χ4v) is 13.0. The fraction of sp³-hybridized carbons (Fsp3) is 1.00. The van der Waals surface area contributed by atoms with Crippen molar-refractivity contribution in [2.75, 3.05) is 52.9 Å². The first-order valence-corrected chi connectivity index (χ1v) is 28.1. The van der Waals surface area contributed by atoms with Crippen molar-refractivity contribution in [3.8, 4) is 0 Å². The molecule has 12 fully saturated rings. The van der Waals surface area contributed by atoms with Crippen LogP contribution in [0.5, 0.6) is 0 Å². The molecule has 0 aromatic rings. The second-order valence-electron chi connectivity index (χ2n) is 22.9. The van der Waals surface area contributed by atoms with E-state index < -0.39 is 272 Å². The highest BCUT2D eigenvalue weighted by atomic mass is 17.1. The molecule has 0 aromatic carbocycles. The summed E-state index contributed by atoms with van der Waals surface area (Å²) in [7, 11) is 0. The topological polar surface area (TPSA) is 549 Å². The summed E-state index contributed by atoms with van der Waals surface area (Å²) in [5.74, 6) is 0. The Kier molecular flexibility index (Phi) is 19.9. The van der Waals surface area contributed by atoms with Crippen molar-refractivity contribution in [1.29, 1.82) is 0 Å². The smallest absolute Gasteiger partial charge is 0.190 e. The molecule has 8 bridgehead atoms. The van der Waals surface area contributed by atoms with Crippen molar-refractivity contribution in [3.05, 3.63) is 0 Å². The van der Waals surface area contributed by atoms with E-state index in [-0.39, 0.29) is 26.4 Å². The Balaban J connectivity index is 0.667. The van der Waals surface area contributed by atoms with Crippen LogP contribution in [0.15, 0.2) is 0 Å². The Morgan fingerprint density at radius 2 is 0.547 bits per heavy atom. The normalized spacial score (nSPS) is 57.0. The predicted octanol–water partition coefficient (Wildman–Crippen LogP) is -13.8. The van der Waals surface area contributed by atoms with Crippen molar-refractivity contribution < 1.29 is 187 Å². The Bertz CT molecular complexity index is 2220. The number of fused-ring (bicyclic) bond motifs is 8. The molecule has 0 aliphatic carbocycles. The van der Waals surface area contributed by atoms with Gasteiger partial charge in [0.15, 0.2) is 56.4 Å². The van der Waals surface area contributed by atoms with Crippen LogP contribution >= 0.6 is 0 Å². The molecule has 12 heterocycles. The summed E-state index contributed by atoms with van der Waals surface area (Å²) in [6.07, 6.45) is -62.2. The molecule has 494 valence electrons. The van der Waals surface area contributed by atoms with Gasteiger partial charge in [-0.3, -0.25) is 5.26 Å². The fourth-order valence-electron chi connectivity index (χ4n) is 13.0. The molecule has 12 saturated heterocycles. The number of hydrogen-bond donors (Lipinski definition) is 18. The number of aliphatic hydroxyl groups excluding tert-OH is 17. The average molecular weight is 1260 g/mol. The lowest BCUT2D eigenvalue weighted by atomic mass is 9.96. The Hall–Kier alpha value is -1.52. The monoisotopic (exact) mass is 1260 g/mol. The Labute approximate surface area is 484 Å². The summed E-state index contributed by atoms with van der Waals surface area (Å²) < 4.78 is 110. The largest absolute Gasteiger partial charge is 0.394 e. The van der Waals surface area contributed by atoms with Crippen molar-refractivity contribution >= 4 is 0 Å². The van der Waals surface area contributed by atoms with E-state index in [4.69, 9.17) is 94.9 Å². The van der Waals surface area contributed by atoms with Crippen LogP contribution in [0.25, 0.3) is 0 Å². The number of rotatable bonds is 19. The van der Waals surface area contributed by atoms with Gasteiger partial charge in [0.2, 0.25) is 0 Å². The quantitative estimate of drug-likeness (QED) is 0.0422. The second kappa shape index (κ2) is 26.5. The van der Waals surface area contributed by atoms with Gasteiger partial charge in [-0.25, -0.2) is 4.89 Å². The molecule has 0 amide bonds. The number of ether oxygens (including phenoxy) is 19. The molecule has 86 heavy (non-hydrogen) atoms. The van der Waals surface area contributed by atoms with E-state index in [0.29, 0.717) is 0 Å².